The molecule has 3 nitrogen and oxygen atoms in total. The van der Waals surface area contributed by atoms with Gasteiger partial charge in [0.1, 0.15) is 0 Å². The topological polar surface area (TPSA) is 35.5 Å². The molecule has 0 aromatic heterocycles. The molecule has 17 heavy (non-hydrogen) atoms. The number of esters is 1. The smallest absolute Gasteiger partial charge is 0.314 e. The highest BCUT2D eigenvalue weighted by Gasteiger charge is 2.60. The Kier molecular flexibility index (Phi) is 2.93. The van der Waals surface area contributed by atoms with Crippen molar-refractivity contribution < 1.29 is 14.3 Å². The summed E-state index contributed by atoms with van der Waals surface area (Å²) < 4.78 is 10.5. The fourth-order valence-electron chi connectivity index (χ4n) is 4.66. The Morgan fingerprint density at radius 3 is 2.47 bits per heavy atom. The van der Waals surface area contributed by atoms with E-state index in [1.165, 1.54) is 19.3 Å². The molecule has 0 spiro atoms. The molecule has 0 amide bonds. The molecular formula is C13H19IO3. The van der Waals surface area contributed by atoms with E-state index in [0.29, 0.717) is 3.42 Å². The molecule has 4 aliphatic rings. The van der Waals surface area contributed by atoms with Crippen molar-refractivity contribution in [3.8, 4) is 0 Å². The number of hydrogen-bond donors (Lipinski definition) is 0. The minimum Gasteiger partial charge on any atom is -0.438 e. The van der Waals surface area contributed by atoms with Crippen LogP contribution in [0.1, 0.15) is 38.5 Å². The van der Waals surface area contributed by atoms with Gasteiger partial charge in [0, 0.05) is 10.5 Å². The van der Waals surface area contributed by atoms with Gasteiger partial charge < -0.3 is 9.47 Å². The lowest BCUT2D eigenvalue weighted by molar-refractivity contribution is -0.179. The third kappa shape index (κ3) is 2.01. The van der Waals surface area contributed by atoms with E-state index in [0.717, 1.165) is 31.1 Å². The van der Waals surface area contributed by atoms with Crippen molar-refractivity contribution in [2.45, 2.75) is 41.9 Å². The Labute approximate surface area is 116 Å². The number of methoxy groups -OCH3 is 1. The second-order valence-corrected chi connectivity index (χ2v) is 8.52. The van der Waals surface area contributed by atoms with Crippen LogP contribution in [0.2, 0.25) is 0 Å². The van der Waals surface area contributed by atoms with Crippen molar-refractivity contribution in [2.24, 2.45) is 17.3 Å². The van der Waals surface area contributed by atoms with Crippen LogP contribution in [0.5, 0.6) is 0 Å². The van der Waals surface area contributed by atoms with Gasteiger partial charge in [0.05, 0.1) is 5.41 Å². The molecule has 0 saturated heterocycles. The van der Waals surface area contributed by atoms with Crippen LogP contribution in [0, 0.1) is 17.3 Å². The van der Waals surface area contributed by atoms with Crippen LogP contribution in [0.25, 0.3) is 0 Å². The molecule has 4 heteroatoms. The van der Waals surface area contributed by atoms with E-state index in [1.807, 2.05) is 0 Å². The number of alkyl halides is 1. The standard InChI is InChI=1S/C13H19IO3/c1-16-8-17-11(15)12-3-9-2-10(4-12)6-13(14,5-9)7-12/h9-10H,2-8H2,1H3. The third-order valence-electron chi connectivity index (χ3n) is 4.73. The molecular weight excluding hydrogens is 331 g/mol. The summed E-state index contributed by atoms with van der Waals surface area (Å²) in [5.41, 5.74) is -0.177. The Morgan fingerprint density at radius 1 is 1.29 bits per heavy atom. The molecule has 0 radical (unpaired) electrons. The maximum Gasteiger partial charge on any atom is 0.314 e. The van der Waals surface area contributed by atoms with E-state index in [-0.39, 0.29) is 18.2 Å². The van der Waals surface area contributed by atoms with Gasteiger partial charge in [-0.05, 0) is 50.4 Å². The van der Waals surface area contributed by atoms with Crippen molar-refractivity contribution in [1.82, 2.24) is 0 Å². The first kappa shape index (κ1) is 12.2. The summed E-state index contributed by atoms with van der Waals surface area (Å²) in [6.07, 6.45) is 7.08. The maximum atomic E-state index is 12.3. The van der Waals surface area contributed by atoms with Gasteiger partial charge in [0.2, 0.25) is 0 Å². The van der Waals surface area contributed by atoms with Gasteiger partial charge >= 0.3 is 5.97 Å². The second-order valence-electron chi connectivity index (χ2n) is 6.23. The average molecular weight is 350 g/mol. The highest BCUT2D eigenvalue weighted by molar-refractivity contribution is 14.1. The zero-order chi connectivity index (χ0) is 12.1. The number of rotatable bonds is 3. The van der Waals surface area contributed by atoms with E-state index in [4.69, 9.17) is 9.47 Å². The molecule has 96 valence electrons. The summed E-state index contributed by atoms with van der Waals surface area (Å²) in [5, 5.41) is 0. The molecule has 0 aliphatic heterocycles. The van der Waals surface area contributed by atoms with E-state index < -0.39 is 0 Å². The fraction of sp³-hybridized carbons (Fsp3) is 0.923. The van der Waals surface area contributed by atoms with Gasteiger partial charge in [-0.25, -0.2) is 0 Å². The predicted molar refractivity (Wildman–Crippen MR) is 71.8 cm³/mol. The minimum absolute atomic E-state index is 0.00510. The van der Waals surface area contributed by atoms with E-state index in [1.54, 1.807) is 7.11 Å². The summed E-state index contributed by atoms with van der Waals surface area (Å²) in [5.74, 6) is 1.50. The lowest BCUT2D eigenvalue weighted by Gasteiger charge is -2.58. The predicted octanol–water partition coefficient (Wildman–Crippen LogP) is 2.91. The van der Waals surface area contributed by atoms with Crippen molar-refractivity contribution in [3.05, 3.63) is 0 Å². The number of carbonyl (C=O) groups is 1. The number of hydrogen-bond acceptors (Lipinski definition) is 3. The first-order chi connectivity index (χ1) is 8.05. The van der Waals surface area contributed by atoms with Crippen molar-refractivity contribution in [3.63, 3.8) is 0 Å². The summed E-state index contributed by atoms with van der Waals surface area (Å²) in [6.45, 7) is 0.101. The second kappa shape index (κ2) is 4.08. The molecule has 0 aromatic carbocycles. The van der Waals surface area contributed by atoms with Crippen LogP contribution >= 0.6 is 22.6 Å². The Bertz CT molecular complexity index is 328. The molecule has 0 N–H and O–H groups in total. The van der Waals surface area contributed by atoms with Crippen LogP contribution < -0.4 is 0 Å². The van der Waals surface area contributed by atoms with Crippen LogP contribution in [0.3, 0.4) is 0 Å². The SMILES string of the molecule is COCOC(=O)C12CC3CC(CC(I)(C3)C1)C2. The molecule has 2 unspecified atom stereocenters. The molecule has 4 bridgehead atoms. The Balaban J connectivity index is 1.81. The molecule has 4 fully saturated rings. The van der Waals surface area contributed by atoms with Gasteiger partial charge in [0.15, 0.2) is 6.79 Å². The monoisotopic (exact) mass is 350 g/mol. The normalized spacial score (nSPS) is 47.2. The summed E-state index contributed by atoms with van der Waals surface area (Å²) in [7, 11) is 1.56. The summed E-state index contributed by atoms with van der Waals surface area (Å²) in [6, 6.07) is 0. The lowest BCUT2D eigenvalue weighted by atomic mass is 9.49. The van der Waals surface area contributed by atoms with Crippen molar-refractivity contribution in [2.75, 3.05) is 13.9 Å². The van der Waals surface area contributed by atoms with Gasteiger partial charge in [-0.15, -0.1) is 0 Å². The molecule has 4 aliphatic carbocycles. The zero-order valence-electron chi connectivity index (χ0n) is 10.2. The highest BCUT2D eigenvalue weighted by Crippen LogP contribution is 2.64. The largest absolute Gasteiger partial charge is 0.438 e. The first-order valence-electron chi connectivity index (χ1n) is 6.40. The van der Waals surface area contributed by atoms with Crippen LogP contribution in [0.4, 0.5) is 0 Å². The third-order valence-corrected chi connectivity index (χ3v) is 5.99. The number of ether oxygens (including phenoxy) is 2. The van der Waals surface area contributed by atoms with Gasteiger partial charge in [-0.3, -0.25) is 4.79 Å². The maximum absolute atomic E-state index is 12.3. The average Bonchev–Trinajstić information content (AvgIpc) is 2.22. The lowest BCUT2D eigenvalue weighted by Crippen LogP contribution is -2.56. The summed E-state index contributed by atoms with van der Waals surface area (Å²) in [4.78, 5) is 12.3. The van der Waals surface area contributed by atoms with E-state index >= 15 is 0 Å². The Morgan fingerprint density at radius 2 is 1.94 bits per heavy atom. The molecule has 0 heterocycles. The number of carbonyl (C=O) groups excluding carboxylic acids is 1. The molecule has 4 rings (SSSR count). The Hall–Kier alpha value is 0.160. The number of halogens is 1. The quantitative estimate of drug-likeness (QED) is 0.340. The first-order valence-corrected chi connectivity index (χ1v) is 7.48. The van der Waals surface area contributed by atoms with Crippen molar-refractivity contribution >= 4 is 28.6 Å². The van der Waals surface area contributed by atoms with Crippen LogP contribution in [0.15, 0.2) is 0 Å². The summed E-state index contributed by atoms with van der Waals surface area (Å²) >= 11 is 2.61. The zero-order valence-corrected chi connectivity index (χ0v) is 12.4. The highest BCUT2D eigenvalue weighted by atomic mass is 127. The van der Waals surface area contributed by atoms with E-state index in [9.17, 15) is 4.79 Å². The molecule has 2 atom stereocenters. The van der Waals surface area contributed by atoms with Crippen LogP contribution in [-0.4, -0.2) is 23.3 Å². The molecule has 0 aromatic rings. The van der Waals surface area contributed by atoms with E-state index in [2.05, 4.69) is 22.6 Å². The van der Waals surface area contributed by atoms with Crippen LogP contribution in [-0.2, 0) is 14.3 Å². The molecule has 4 saturated carbocycles. The van der Waals surface area contributed by atoms with Gasteiger partial charge in [-0.1, -0.05) is 22.6 Å². The fourth-order valence-corrected chi connectivity index (χ4v) is 6.63. The minimum atomic E-state index is -0.177. The van der Waals surface area contributed by atoms with Crippen molar-refractivity contribution in [1.29, 1.82) is 0 Å². The van der Waals surface area contributed by atoms with Gasteiger partial charge in [-0.2, -0.15) is 0 Å². The van der Waals surface area contributed by atoms with Gasteiger partial charge in [0.25, 0.3) is 0 Å².